The van der Waals surface area contributed by atoms with Crippen LogP contribution in [0.25, 0.3) is 0 Å². The van der Waals surface area contributed by atoms with E-state index in [2.05, 4.69) is 4.98 Å². The standard InChI is InChI=1S/C8H7Cl2F2NO/c9-1-5-6(10)4(3-14)2-13-7(5)8(11)12/h2,8,14H,1,3H2. The molecule has 0 radical (unpaired) electrons. The minimum absolute atomic E-state index is 0.0628. The summed E-state index contributed by atoms with van der Waals surface area (Å²) in [5.74, 6) is -0.153. The van der Waals surface area contributed by atoms with Crippen LogP contribution in [-0.2, 0) is 12.5 Å². The highest BCUT2D eigenvalue weighted by molar-refractivity contribution is 6.33. The molecule has 6 heteroatoms. The molecular formula is C8H7Cl2F2NO. The largest absolute Gasteiger partial charge is 0.392 e. The van der Waals surface area contributed by atoms with Gasteiger partial charge >= 0.3 is 0 Å². The topological polar surface area (TPSA) is 33.1 Å². The molecule has 1 aromatic heterocycles. The number of hydrogen-bond donors (Lipinski definition) is 1. The van der Waals surface area contributed by atoms with Gasteiger partial charge in [-0.15, -0.1) is 11.6 Å². The Labute approximate surface area is 89.5 Å². The Morgan fingerprint density at radius 2 is 2.14 bits per heavy atom. The van der Waals surface area contributed by atoms with Crippen molar-refractivity contribution in [1.29, 1.82) is 0 Å². The molecule has 0 atom stereocenters. The van der Waals surface area contributed by atoms with Gasteiger partial charge in [-0.2, -0.15) is 0 Å². The lowest BCUT2D eigenvalue weighted by Gasteiger charge is -2.09. The van der Waals surface area contributed by atoms with E-state index in [1.807, 2.05) is 0 Å². The molecule has 1 N–H and O–H groups in total. The molecule has 14 heavy (non-hydrogen) atoms. The zero-order valence-corrected chi connectivity index (χ0v) is 8.49. The maximum Gasteiger partial charge on any atom is 0.280 e. The molecule has 0 bridgehead atoms. The van der Waals surface area contributed by atoms with Crippen molar-refractivity contribution >= 4 is 23.2 Å². The molecule has 0 aliphatic rings. The molecule has 1 rings (SSSR count). The third-order valence-corrected chi connectivity index (χ3v) is 2.46. The van der Waals surface area contributed by atoms with Crippen LogP contribution in [0.4, 0.5) is 8.78 Å². The Morgan fingerprint density at radius 1 is 1.50 bits per heavy atom. The smallest absolute Gasteiger partial charge is 0.280 e. The van der Waals surface area contributed by atoms with Crippen molar-refractivity contribution in [1.82, 2.24) is 4.98 Å². The van der Waals surface area contributed by atoms with Gasteiger partial charge in [0.1, 0.15) is 5.69 Å². The number of alkyl halides is 3. The molecule has 0 aliphatic carbocycles. The first-order valence-electron chi connectivity index (χ1n) is 3.73. The van der Waals surface area contributed by atoms with Gasteiger partial charge in [-0.05, 0) is 0 Å². The number of nitrogens with zero attached hydrogens (tertiary/aromatic N) is 1. The second-order valence-electron chi connectivity index (χ2n) is 2.55. The van der Waals surface area contributed by atoms with Gasteiger partial charge < -0.3 is 5.11 Å². The number of aliphatic hydroxyl groups excluding tert-OH is 1. The van der Waals surface area contributed by atoms with Crippen molar-refractivity contribution < 1.29 is 13.9 Å². The first-order valence-corrected chi connectivity index (χ1v) is 4.64. The molecule has 78 valence electrons. The predicted octanol–water partition coefficient (Wildman–Crippen LogP) is 2.90. The first-order chi connectivity index (χ1) is 6.61. The van der Waals surface area contributed by atoms with E-state index in [4.69, 9.17) is 28.3 Å². The van der Waals surface area contributed by atoms with Crippen molar-refractivity contribution in [2.24, 2.45) is 0 Å². The van der Waals surface area contributed by atoms with Crippen molar-refractivity contribution in [2.45, 2.75) is 18.9 Å². The summed E-state index contributed by atoms with van der Waals surface area (Å²) in [6, 6.07) is 0. The zero-order valence-electron chi connectivity index (χ0n) is 6.98. The summed E-state index contributed by atoms with van der Waals surface area (Å²) in [7, 11) is 0. The zero-order chi connectivity index (χ0) is 10.7. The average molecular weight is 242 g/mol. The molecule has 0 saturated carbocycles. The Balaban J connectivity index is 3.28. The van der Waals surface area contributed by atoms with Crippen LogP contribution < -0.4 is 0 Å². The van der Waals surface area contributed by atoms with Gasteiger partial charge in [0, 0.05) is 17.3 Å². The number of halogens is 4. The van der Waals surface area contributed by atoms with E-state index < -0.39 is 12.1 Å². The molecule has 0 saturated heterocycles. The molecule has 0 aliphatic heterocycles. The molecule has 0 aromatic carbocycles. The van der Waals surface area contributed by atoms with E-state index in [1.54, 1.807) is 0 Å². The predicted molar refractivity (Wildman–Crippen MR) is 49.7 cm³/mol. The van der Waals surface area contributed by atoms with Crippen LogP contribution in [0.15, 0.2) is 6.20 Å². The summed E-state index contributed by atoms with van der Waals surface area (Å²) < 4.78 is 24.8. The van der Waals surface area contributed by atoms with Crippen LogP contribution in [0, 0.1) is 0 Å². The van der Waals surface area contributed by atoms with E-state index in [9.17, 15) is 8.78 Å². The summed E-state index contributed by atoms with van der Waals surface area (Å²) in [6.07, 6.45) is -1.59. The lowest BCUT2D eigenvalue weighted by atomic mass is 10.1. The summed E-state index contributed by atoms with van der Waals surface area (Å²) in [4.78, 5) is 3.50. The minimum atomic E-state index is -2.71. The first kappa shape index (κ1) is 11.6. The summed E-state index contributed by atoms with van der Waals surface area (Å²) >= 11 is 11.2. The molecule has 0 fully saturated rings. The van der Waals surface area contributed by atoms with Gasteiger partial charge in [0.25, 0.3) is 6.43 Å². The van der Waals surface area contributed by atoms with Gasteiger partial charge in [0.05, 0.1) is 17.5 Å². The van der Waals surface area contributed by atoms with Crippen LogP contribution in [0.5, 0.6) is 0 Å². The molecule has 1 aromatic rings. The highest BCUT2D eigenvalue weighted by Gasteiger charge is 2.18. The Bertz CT molecular complexity index is 333. The number of aliphatic hydroxyl groups is 1. The fourth-order valence-electron chi connectivity index (χ4n) is 1.01. The van der Waals surface area contributed by atoms with Gasteiger partial charge in [0.2, 0.25) is 0 Å². The molecule has 0 unspecified atom stereocenters. The Morgan fingerprint density at radius 3 is 2.57 bits per heavy atom. The fraction of sp³-hybridized carbons (Fsp3) is 0.375. The van der Waals surface area contributed by atoms with E-state index in [0.717, 1.165) is 6.20 Å². The van der Waals surface area contributed by atoms with Crippen LogP contribution in [0.2, 0.25) is 5.02 Å². The van der Waals surface area contributed by atoms with E-state index in [-0.39, 0.29) is 23.1 Å². The maximum atomic E-state index is 12.4. The molecule has 2 nitrogen and oxygen atoms in total. The number of pyridine rings is 1. The number of rotatable bonds is 3. The van der Waals surface area contributed by atoms with Crippen molar-refractivity contribution in [3.63, 3.8) is 0 Å². The summed E-state index contributed by atoms with van der Waals surface area (Å²) in [5, 5.41) is 8.88. The fourth-order valence-corrected chi connectivity index (χ4v) is 1.62. The lowest BCUT2D eigenvalue weighted by Crippen LogP contribution is -2.01. The van der Waals surface area contributed by atoms with Crippen LogP contribution in [0.3, 0.4) is 0 Å². The average Bonchev–Trinajstić information content (AvgIpc) is 2.17. The lowest BCUT2D eigenvalue weighted by molar-refractivity contribution is 0.145. The third-order valence-electron chi connectivity index (χ3n) is 1.73. The van der Waals surface area contributed by atoms with E-state index in [1.165, 1.54) is 0 Å². The van der Waals surface area contributed by atoms with Gasteiger partial charge in [-0.1, -0.05) is 11.6 Å². The van der Waals surface area contributed by atoms with Crippen molar-refractivity contribution in [2.75, 3.05) is 0 Å². The highest BCUT2D eigenvalue weighted by Crippen LogP contribution is 2.30. The molecule has 0 spiro atoms. The summed E-state index contributed by atoms with van der Waals surface area (Å²) in [6.45, 7) is -0.348. The van der Waals surface area contributed by atoms with Gasteiger partial charge in [-0.3, -0.25) is 4.98 Å². The second kappa shape index (κ2) is 4.87. The molecule has 1 heterocycles. The normalized spacial score (nSPS) is 11.0. The minimum Gasteiger partial charge on any atom is -0.392 e. The molecule has 0 amide bonds. The van der Waals surface area contributed by atoms with Crippen molar-refractivity contribution in [3.05, 3.63) is 28.0 Å². The van der Waals surface area contributed by atoms with Crippen LogP contribution in [-0.4, -0.2) is 10.1 Å². The summed E-state index contributed by atoms with van der Waals surface area (Å²) in [5.41, 5.74) is -0.0520. The maximum absolute atomic E-state index is 12.4. The number of hydrogen-bond acceptors (Lipinski definition) is 2. The van der Waals surface area contributed by atoms with E-state index >= 15 is 0 Å². The van der Waals surface area contributed by atoms with Gasteiger partial charge in [-0.25, -0.2) is 8.78 Å². The van der Waals surface area contributed by atoms with Crippen LogP contribution >= 0.6 is 23.2 Å². The third kappa shape index (κ3) is 2.13. The Kier molecular flexibility index (Phi) is 4.04. The van der Waals surface area contributed by atoms with Gasteiger partial charge in [0.15, 0.2) is 0 Å². The second-order valence-corrected chi connectivity index (χ2v) is 3.20. The monoisotopic (exact) mass is 241 g/mol. The highest BCUT2D eigenvalue weighted by atomic mass is 35.5. The van der Waals surface area contributed by atoms with E-state index in [0.29, 0.717) is 5.56 Å². The SMILES string of the molecule is OCc1cnc(C(F)F)c(CCl)c1Cl. The van der Waals surface area contributed by atoms with Crippen molar-refractivity contribution in [3.8, 4) is 0 Å². The number of aromatic nitrogens is 1. The van der Waals surface area contributed by atoms with Crippen LogP contribution in [0.1, 0.15) is 23.2 Å². The quantitative estimate of drug-likeness (QED) is 0.826. The molecular weight excluding hydrogens is 235 g/mol. The Hall–Kier alpha value is -0.450.